The predicted molar refractivity (Wildman–Crippen MR) is 85.8 cm³/mol. The predicted octanol–water partition coefficient (Wildman–Crippen LogP) is 2.90. The lowest BCUT2D eigenvalue weighted by molar-refractivity contribution is -0.174. The molecule has 2 aromatic rings. The van der Waals surface area contributed by atoms with Crippen LogP contribution in [-0.4, -0.2) is 41.6 Å². The number of nitrogens with one attached hydrogen (secondary N) is 2. The van der Waals surface area contributed by atoms with E-state index in [1.54, 1.807) is 19.1 Å². The van der Waals surface area contributed by atoms with Crippen molar-refractivity contribution in [2.24, 2.45) is 0 Å². The number of aromatic nitrogens is 2. The van der Waals surface area contributed by atoms with Crippen molar-refractivity contribution in [1.82, 2.24) is 15.1 Å². The summed E-state index contributed by atoms with van der Waals surface area (Å²) in [5, 5.41) is 9.47. The topological polar surface area (TPSA) is 81.3 Å². The van der Waals surface area contributed by atoms with E-state index in [0.717, 1.165) is 4.68 Å². The van der Waals surface area contributed by atoms with Crippen molar-refractivity contribution in [2.45, 2.75) is 37.6 Å². The second-order valence-corrected chi connectivity index (χ2v) is 6.19. The normalized spacial score (nSPS) is 21.0. The summed E-state index contributed by atoms with van der Waals surface area (Å²) < 4.78 is 51.5. The second-order valence-electron chi connectivity index (χ2n) is 6.19. The highest BCUT2D eigenvalue weighted by Gasteiger charge is 2.47. The number of methoxy groups -OCH3 is 1. The minimum absolute atomic E-state index is 0.0928. The number of ether oxygens (including phenoxy) is 1. The fraction of sp³-hybridized carbons (Fsp3) is 0.500. The molecule has 2 aromatic heterocycles. The number of rotatable bonds is 5. The number of nitrogens with zero attached hydrogens (tertiary/aromatic N) is 2. The average molecular weight is 372 g/mol. The Bertz CT molecular complexity index is 757. The van der Waals surface area contributed by atoms with Crippen molar-refractivity contribution in [3.05, 3.63) is 35.9 Å². The third-order valence-electron chi connectivity index (χ3n) is 4.10. The van der Waals surface area contributed by atoms with Crippen LogP contribution in [0.5, 0.6) is 0 Å². The molecule has 3 atom stereocenters. The third kappa shape index (κ3) is 3.69. The summed E-state index contributed by atoms with van der Waals surface area (Å²) in [6, 6.07) is 1.71. The third-order valence-corrected chi connectivity index (χ3v) is 4.10. The van der Waals surface area contributed by atoms with Gasteiger partial charge < -0.3 is 19.8 Å². The molecule has 0 saturated heterocycles. The fourth-order valence-electron chi connectivity index (χ4n) is 2.95. The molecule has 10 heteroatoms. The van der Waals surface area contributed by atoms with Gasteiger partial charge in [0.1, 0.15) is 11.6 Å². The summed E-state index contributed by atoms with van der Waals surface area (Å²) >= 11 is 0. The lowest BCUT2D eigenvalue weighted by atomic mass is 10.0. The Morgan fingerprint density at radius 2 is 2.35 bits per heavy atom. The molecule has 1 amide bonds. The number of carbonyl (C=O) groups excluding carboxylic acids is 1. The van der Waals surface area contributed by atoms with E-state index in [-0.39, 0.29) is 30.6 Å². The van der Waals surface area contributed by atoms with Crippen molar-refractivity contribution in [1.29, 1.82) is 0 Å². The van der Waals surface area contributed by atoms with E-state index >= 15 is 0 Å². The van der Waals surface area contributed by atoms with Gasteiger partial charge in [0.25, 0.3) is 5.91 Å². The van der Waals surface area contributed by atoms with Crippen molar-refractivity contribution in [3.8, 4) is 0 Å². The summed E-state index contributed by atoms with van der Waals surface area (Å²) in [6.45, 7) is 2.00. The molecule has 3 heterocycles. The van der Waals surface area contributed by atoms with Crippen LogP contribution < -0.4 is 10.6 Å². The fourth-order valence-corrected chi connectivity index (χ4v) is 2.95. The van der Waals surface area contributed by atoms with Crippen LogP contribution in [-0.2, 0) is 4.74 Å². The van der Waals surface area contributed by atoms with Crippen LogP contribution in [0.2, 0.25) is 0 Å². The van der Waals surface area contributed by atoms with Crippen LogP contribution in [0.1, 0.15) is 41.7 Å². The van der Waals surface area contributed by atoms with E-state index in [1.807, 2.05) is 0 Å². The van der Waals surface area contributed by atoms with E-state index in [1.165, 1.54) is 19.4 Å². The van der Waals surface area contributed by atoms with Crippen LogP contribution in [0.3, 0.4) is 0 Å². The number of anilines is 1. The van der Waals surface area contributed by atoms with E-state index < -0.39 is 24.2 Å². The van der Waals surface area contributed by atoms with Gasteiger partial charge in [0.2, 0.25) is 0 Å². The molecule has 26 heavy (non-hydrogen) atoms. The maximum atomic E-state index is 13.5. The molecule has 1 aliphatic heterocycles. The van der Waals surface area contributed by atoms with Gasteiger partial charge in [-0.05, 0) is 19.1 Å². The first-order valence-corrected chi connectivity index (χ1v) is 8.05. The highest BCUT2D eigenvalue weighted by molar-refractivity contribution is 5.93. The van der Waals surface area contributed by atoms with Crippen LogP contribution in [0.25, 0.3) is 0 Å². The van der Waals surface area contributed by atoms with Crippen LogP contribution >= 0.6 is 0 Å². The molecule has 0 spiro atoms. The molecule has 0 aliphatic carbocycles. The second kappa shape index (κ2) is 7.02. The Morgan fingerprint density at radius 3 is 2.96 bits per heavy atom. The van der Waals surface area contributed by atoms with Crippen LogP contribution in [0.15, 0.2) is 28.9 Å². The smallest absolute Gasteiger partial charge is 0.410 e. The highest BCUT2D eigenvalue weighted by atomic mass is 19.4. The van der Waals surface area contributed by atoms with Gasteiger partial charge in [-0.1, -0.05) is 0 Å². The highest BCUT2D eigenvalue weighted by Crippen LogP contribution is 2.43. The van der Waals surface area contributed by atoms with Crippen molar-refractivity contribution in [3.63, 3.8) is 0 Å². The lowest BCUT2D eigenvalue weighted by Crippen LogP contribution is -2.37. The van der Waals surface area contributed by atoms with Gasteiger partial charge in [-0.15, -0.1) is 0 Å². The molecule has 3 rings (SSSR count). The van der Waals surface area contributed by atoms with E-state index in [4.69, 9.17) is 9.15 Å². The Kier molecular flexibility index (Phi) is 4.94. The minimum atomic E-state index is -4.51. The Morgan fingerprint density at radius 1 is 1.58 bits per heavy atom. The molecule has 0 unspecified atom stereocenters. The van der Waals surface area contributed by atoms with Gasteiger partial charge in [-0.2, -0.15) is 18.3 Å². The van der Waals surface area contributed by atoms with Gasteiger partial charge in [0.05, 0.1) is 18.9 Å². The minimum Gasteiger partial charge on any atom is -0.467 e. The Balaban J connectivity index is 1.88. The molecular weight excluding hydrogens is 353 g/mol. The molecule has 0 aromatic carbocycles. The maximum absolute atomic E-state index is 13.5. The largest absolute Gasteiger partial charge is 0.467 e. The van der Waals surface area contributed by atoms with Gasteiger partial charge in [-0.25, -0.2) is 4.68 Å². The first-order valence-electron chi connectivity index (χ1n) is 8.05. The number of alkyl halides is 3. The quantitative estimate of drug-likeness (QED) is 0.844. The summed E-state index contributed by atoms with van der Waals surface area (Å²) in [6.07, 6.45) is -3.39. The number of hydrogen-bond donors (Lipinski definition) is 2. The summed E-state index contributed by atoms with van der Waals surface area (Å²) in [5.41, 5.74) is -0.0928. The monoisotopic (exact) mass is 372 g/mol. The zero-order chi connectivity index (χ0) is 18.9. The molecule has 0 radical (unpaired) electrons. The van der Waals surface area contributed by atoms with Crippen molar-refractivity contribution < 1.29 is 27.1 Å². The van der Waals surface area contributed by atoms with Gasteiger partial charge in [0.15, 0.2) is 11.7 Å². The van der Waals surface area contributed by atoms with Crippen LogP contribution in [0.4, 0.5) is 19.0 Å². The van der Waals surface area contributed by atoms with Crippen molar-refractivity contribution >= 4 is 11.7 Å². The van der Waals surface area contributed by atoms with Gasteiger partial charge in [-0.3, -0.25) is 4.79 Å². The molecule has 2 N–H and O–H groups in total. The van der Waals surface area contributed by atoms with Crippen LogP contribution in [0, 0.1) is 0 Å². The summed E-state index contributed by atoms with van der Waals surface area (Å²) in [5.74, 6) is -0.0512. The molecule has 142 valence electrons. The standard InChI is InChI=1S/C16H19F3N4O3/c1-9(8-25-2)20-15(24)11-7-14-21-10(12-4-3-5-26-12)6-13(16(17,18)19)23(14)22-11/h3-5,7,9-10,13,21H,6,8H2,1-2H3,(H,20,24)/t9-,10+,13+/m0/s1. The zero-order valence-electron chi connectivity index (χ0n) is 14.2. The molecule has 1 aliphatic rings. The van der Waals surface area contributed by atoms with Gasteiger partial charge in [0, 0.05) is 25.6 Å². The van der Waals surface area contributed by atoms with Gasteiger partial charge >= 0.3 is 6.18 Å². The lowest BCUT2D eigenvalue weighted by Gasteiger charge is -2.32. The average Bonchev–Trinajstić information content (AvgIpc) is 3.22. The van der Waals surface area contributed by atoms with Crippen molar-refractivity contribution in [2.75, 3.05) is 19.0 Å². The zero-order valence-corrected chi connectivity index (χ0v) is 14.2. The van der Waals surface area contributed by atoms with E-state index in [9.17, 15) is 18.0 Å². The number of furan rings is 1. The first-order chi connectivity index (χ1) is 12.3. The molecule has 0 fully saturated rings. The summed E-state index contributed by atoms with van der Waals surface area (Å²) in [7, 11) is 1.49. The Hall–Kier alpha value is -2.49. The number of halogens is 3. The van der Waals surface area contributed by atoms with E-state index in [2.05, 4.69) is 15.7 Å². The van der Waals surface area contributed by atoms with E-state index in [0.29, 0.717) is 5.76 Å². The first kappa shape index (κ1) is 18.3. The SMILES string of the molecule is COC[C@H](C)NC(=O)c1cc2n(n1)[C@@H](C(F)(F)F)C[C@H](c1ccco1)N2. The number of carbonyl (C=O) groups is 1. The Labute approximate surface area is 147 Å². The maximum Gasteiger partial charge on any atom is 0.410 e. The number of amides is 1. The summed E-state index contributed by atoms with van der Waals surface area (Å²) in [4.78, 5) is 12.2. The molecule has 0 bridgehead atoms. The molecule has 7 nitrogen and oxygen atoms in total. The molecule has 0 saturated carbocycles. The number of fused-ring (bicyclic) bond motifs is 1. The molecular formula is C16H19F3N4O3. The number of hydrogen-bond acceptors (Lipinski definition) is 5.